The monoisotopic (exact) mass is 382 g/mol. The van der Waals surface area contributed by atoms with Gasteiger partial charge in [0.15, 0.2) is 0 Å². The van der Waals surface area contributed by atoms with E-state index in [1.165, 1.54) is 48.5 Å². The van der Waals surface area contributed by atoms with Gasteiger partial charge in [-0.1, -0.05) is 0 Å². The van der Waals surface area contributed by atoms with Gasteiger partial charge in [0, 0.05) is 24.3 Å². The van der Waals surface area contributed by atoms with Crippen LogP contribution >= 0.6 is 7.60 Å². The summed E-state index contributed by atoms with van der Waals surface area (Å²) in [5, 5.41) is 30.5. The van der Waals surface area contributed by atoms with Crippen molar-refractivity contribution in [3.8, 4) is 0 Å². The van der Waals surface area contributed by atoms with E-state index in [-0.39, 0.29) is 24.6 Å². The average molecular weight is 382 g/mol. The molecule has 11 heteroatoms. The third-order valence-electron chi connectivity index (χ3n) is 3.32. The van der Waals surface area contributed by atoms with Gasteiger partial charge in [0.25, 0.3) is 11.4 Å². The lowest BCUT2D eigenvalue weighted by atomic mass is 10.2. The summed E-state index contributed by atoms with van der Waals surface area (Å²) in [4.78, 5) is 20.1. The first-order valence-corrected chi connectivity index (χ1v) is 9.01. The van der Waals surface area contributed by atoms with E-state index >= 15 is 0 Å². The van der Waals surface area contributed by atoms with Crippen molar-refractivity contribution < 1.29 is 28.6 Å². The van der Waals surface area contributed by atoms with Gasteiger partial charge in [-0.2, -0.15) is 0 Å². The zero-order chi connectivity index (χ0) is 19.2. The molecule has 0 bridgehead atoms. The summed E-state index contributed by atoms with van der Waals surface area (Å²) in [7, 11) is -3.81. The Morgan fingerprint density at radius 2 is 1.15 bits per heavy atom. The Hall–Kier alpha value is -2.65. The number of aliphatic hydroxyl groups is 1. The fraction of sp³-hybridized carbons (Fsp3) is 0.200. The van der Waals surface area contributed by atoms with Gasteiger partial charge in [-0.15, -0.1) is 0 Å². The predicted molar refractivity (Wildman–Crippen MR) is 90.5 cm³/mol. The van der Waals surface area contributed by atoms with Crippen molar-refractivity contribution in [3.05, 3.63) is 79.9 Å². The van der Waals surface area contributed by atoms with Crippen molar-refractivity contribution >= 4 is 19.0 Å². The molecule has 0 saturated heterocycles. The van der Waals surface area contributed by atoms with E-state index in [9.17, 15) is 29.9 Å². The first-order valence-electron chi connectivity index (χ1n) is 7.28. The molecule has 10 nitrogen and oxygen atoms in total. The molecule has 2 rings (SSSR count). The van der Waals surface area contributed by atoms with E-state index in [2.05, 4.69) is 0 Å². The third-order valence-corrected chi connectivity index (χ3v) is 4.71. The van der Waals surface area contributed by atoms with Crippen LogP contribution in [0.1, 0.15) is 11.1 Å². The van der Waals surface area contributed by atoms with Gasteiger partial charge in [0.2, 0.25) is 0 Å². The van der Waals surface area contributed by atoms with Gasteiger partial charge in [-0.05, 0) is 35.4 Å². The molecule has 0 aliphatic carbocycles. The molecule has 0 aliphatic rings. The molecule has 0 radical (unpaired) electrons. The highest BCUT2D eigenvalue weighted by atomic mass is 31.2. The van der Waals surface area contributed by atoms with Crippen LogP contribution < -0.4 is 0 Å². The fourth-order valence-electron chi connectivity index (χ4n) is 1.89. The maximum Gasteiger partial charge on any atom is 0.356 e. The average Bonchev–Trinajstić information content (AvgIpc) is 2.65. The van der Waals surface area contributed by atoms with E-state index in [0.717, 1.165) is 0 Å². The largest absolute Gasteiger partial charge is 0.384 e. The Morgan fingerprint density at radius 3 is 1.42 bits per heavy atom. The number of hydrogen-bond donors (Lipinski definition) is 1. The maximum atomic E-state index is 12.4. The minimum atomic E-state index is -3.81. The van der Waals surface area contributed by atoms with Crippen molar-refractivity contribution in [3.63, 3.8) is 0 Å². The Morgan fingerprint density at radius 1 is 0.808 bits per heavy atom. The lowest BCUT2D eigenvalue weighted by Gasteiger charge is -2.16. The van der Waals surface area contributed by atoms with E-state index in [0.29, 0.717) is 11.1 Å². The molecule has 0 atom stereocenters. The van der Waals surface area contributed by atoms with Crippen molar-refractivity contribution in [1.82, 2.24) is 0 Å². The number of hydrogen-bond acceptors (Lipinski definition) is 8. The molecule has 0 fully saturated rings. The highest BCUT2D eigenvalue weighted by Crippen LogP contribution is 2.48. The first kappa shape index (κ1) is 19.7. The number of nitro benzene ring substituents is 2. The topological polar surface area (TPSA) is 142 Å². The Labute approximate surface area is 147 Å². The molecule has 0 aliphatic heterocycles. The zero-order valence-corrected chi connectivity index (χ0v) is 14.3. The fourth-order valence-corrected chi connectivity index (χ4v) is 2.82. The molecule has 0 aromatic heterocycles. The summed E-state index contributed by atoms with van der Waals surface area (Å²) in [6, 6.07) is 10.9. The Bertz CT molecular complexity index is 757. The van der Waals surface area contributed by atoms with Crippen LogP contribution in [0.3, 0.4) is 0 Å². The van der Waals surface area contributed by atoms with E-state index in [4.69, 9.17) is 9.05 Å². The molecule has 0 spiro atoms. The number of non-ortho nitro benzene ring substituents is 2. The van der Waals surface area contributed by atoms with Crippen LogP contribution in [0.15, 0.2) is 48.5 Å². The third kappa shape index (κ3) is 5.43. The lowest BCUT2D eigenvalue weighted by Crippen LogP contribution is -2.01. The van der Waals surface area contributed by atoms with E-state index in [1.54, 1.807) is 0 Å². The standard InChI is InChI=1S/C15H15N2O8P/c18-11-26(23,24-9-12-1-5-14(6-2-12)16(19)20)25-10-13-3-7-15(8-4-13)17(21)22/h1-8,18H,9-11H2. The second-order valence-electron chi connectivity index (χ2n) is 5.15. The van der Waals surface area contributed by atoms with Gasteiger partial charge in [-0.25, -0.2) is 0 Å². The molecule has 0 amide bonds. The van der Waals surface area contributed by atoms with Gasteiger partial charge >= 0.3 is 7.60 Å². The summed E-state index contributed by atoms with van der Waals surface area (Å²) in [5.74, 6) is 0. The van der Waals surface area contributed by atoms with Crippen LogP contribution in [0.4, 0.5) is 11.4 Å². The van der Waals surface area contributed by atoms with Crippen LogP contribution in [-0.4, -0.2) is 21.3 Å². The van der Waals surface area contributed by atoms with Crippen LogP contribution in [0, 0.1) is 20.2 Å². The van der Waals surface area contributed by atoms with E-state index < -0.39 is 23.8 Å². The normalized spacial score (nSPS) is 11.3. The summed E-state index contributed by atoms with van der Waals surface area (Å²) in [5.41, 5.74) is 0.855. The highest BCUT2D eigenvalue weighted by Gasteiger charge is 2.24. The summed E-state index contributed by atoms with van der Waals surface area (Å²) in [6.07, 6.45) is -0.854. The smallest absolute Gasteiger partial charge is 0.356 e. The number of nitro groups is 2. The van der Waals surface area contributed by atoms with Crippen molar-refractivity contribution in [2.24, 2.45) is 0 Å². The summed E-state index contributed by atoms with van der Waals surface area (Å²) >= 11 is 0. The van der Waals surface area contributed by atoms with Crippen molar-refractivity contribution in [2.75, 3.05) is 6.35 Å². The summed E-state index contributed by atoms with van der Waals surface area (Å²) < 4.78 is 22.7. The second kappa shape index (κ2) is 8.63. The Balaban J connectivity index is 1.93. The minimum absolute atomic E-state index is 0.0893. The molecule has 26 heavy (non-hydrogen) atoms. The zero-order valence-electron chi connectivity index (χ0n) is 13.4. The minimum Gasteiger partial charge on any atom is -0.384 e. The molecule has 0 heterocycles. The molecular weight excluding hydrogens is 367 g/mol. The number of rotatable bonds is 9. The van der Waals surface area contributed by atoms with Crippen LogP contribution in [-0.2, 0) is 26.8 Å². The van der Waals surface area contributed by atoms with E-state index in [1.807, 2.05) is 0 Å². The summed E-state index contributed by atoms with van der Waals surface area (Å²) in [6.45, 7) is -0.341. The molecule has 2 aromatic carbocycles. The van der Waals surface area contributed by atoms with Crippen LogP contribution in [0.5, 0.6) is 0 Å². The first-order chi connectivity index (χ1) is 12.3. The van der Waals surface area contributed by atoms with Gasteiger partial charge in [0.1, 0.15) is 6.35 Å². The molecule has 2 aromatic rings. The number of nitrogens with zero attached hydrogens (tertiary/aromatic N) is 2. The van der Waals surface area contributed by atoms with Gasteiger partial charge in [0.05, 0.1) is 23.1 Å². The van der Waals surface area contributed by atoms with Crippen LogP contribution in [0.25, 0.3) is 0 Å². The second-order valence-corrected chi connectivity index (χ2v) is 7.17. The van der Waals surface area contributed by atoms with Gasteiger partial charge in [-0.3, -0.25) is 24.8 Å². The SMILES string of the molecule is O=[N+]([O-])c1ccc(COP(=O)(CO)OCc2ccc([N+](=O)[O-])cc2)cc1. The quantitative estimate of drug-likeness (QED) is 0.395. The Kier molecular flexibility index (Phi) is 6.53. The maximum absolute atomic E-state index is 12.4. The van der Waals surface area contributed by atoms with Crippen LogP contribution in [0.2, 0.25) is 0 Å². The van der Waals surface area contributed by atoms with Crippen molar-refractivity contribution in [1.29, 1.82) is 0 Å². The molecule has 0 unspecified atom stereocenters. The molecule has 0 saturated carbocycles. The van der Waals surface area contributed by atoms with Gasteiger partial charge < -0.3 is 14.2 Å². The number of aliphatic hydroxyl groups excluding tert-OH is 1. The molecular formula is C15H15N2O8P. The predicted octanol–water partition coefficient (Wildman–Crippen LogP) is 3.38. The molecule has 138 valence electrons. The highest BCUT2D eigenvalue weighted by molar-refractivity contribution is 7.53. The molecule has 1 N–H and O–H groups in total. The lowest BCUT2D eigenvalue weighted by molar-refractivity contribution is -0.385. The van der Waals surface area contributed by atoms with Crippen molar-refractivity contribution in [2.45, 2.75) is 13.2 Å². The number of benzene rings is 2.